The number of carbonyl (C=O) groups excluding carboxylic acids is 1. The molecule has 1 aliphatic carbocycles. The summed E-state index contributed by atoms with van der Waals surface area (Å²) in [7, 11) is 0. The van der Waals surface area contributed by atoms with Gasteiger partial charge in [-0.05, 0) is 37.1 Å². The molecule has 1 aliphatic rings. The Morgan fingerprint density at radius 2 is 2.22 bits per heavy atom. The molecule has 0 heterocycles. The standard InChI is InChI=1S/C15H17ClO2/c1-4-7-15(18)13(9(2)3)12-8-10(16)5-6-11(12)14(15)17/h5-6,8,13,18H,2,4,7H2,1,3H3/t13-,15-/m1/s1. The molecule has 18 heavy (non-hydrogen) atoms. The molecule has 0 aromatic heterocycles. The number of hydrogen-bond acceptors (Lipinski definition) is 2. The molecular formula is C15H17ClO2. The molecule has 0 bridgehead atoms. The number of fused-ring (bicyclic) bond motifs is 1. The predicted molar refractivity (Wildman–Crippen MR) is 73.2 cm³/mol. The van der Waals surface area contributed by atoms with Crippen molar-refractivity contribution in [1.29, 1.82) is 0 Å². The Balaban J connectivity index is 2.63. The Bertz CT molecular complexity index is 521. The summed E-state index contributed by atoms with van der Waals surface area (Å²) in [6.07, 6.45) is 1.18. The lowest BCUT2D eigenvalue weighted by Gasteiger charge is -2.29. The first-order valence-corrected chi connectivity index (χ1v) is 6.51. The monoisotopic (exact) mass is 264 g/mol. The summed E-state index contributed by atoms with van der Waals surface area (Å²) < 4.78 is 0. The lowest BCUT2D eigenvalue weighted by molar-refractivity contribution is 0.0236. The highest BCUT2D eigenvalue weighted by molar-refractivity contribution is 6.31. The second-order valence-corrected chi connectivity index (χ2v) is 5.45. The molecule has 1 N–H and O–H groups in total. The molecule has 0 aliphatic heterocycles. The maximum atomic E-state index is 12.4. The number of aliphatic hydroxyl groups is 1. The minimum Gasteiger partial charge on any atom is -0.381 e. The zero-order valence-electron chi connectivity index (χ0n) is 10.7. The highest BCUT2D eigenvalue weighted by Gasteiger charge is 2.51. The molecular weight excluding hydrogens is 248 g/mol. The van der Waals surface area contributed by atoms with E-state index in [0.29, 0.717) is 17.0 Å². The number of rotatable bonds is 3. The first-order chi connectivity index (χ1) is 8.41. The number of hydrogen-bond donors (Lipinski definition) is 1. The minimum atomic E-state index is -1.35. The van der Waals surface area contributed by atoms with Gasteiger partial charge < -0.3 is 5.11 Å². The van der Waals surface area contributed by atoms with E-state index in [2.05, 4.69) is 6.58 Å². The predicted octanol–water partition coefficient (Wildman–Crippen LogP) is 3.73. The van der Waals surface area contributed by atoms with Crippen molar-refractivity contribution in [2.75, 3.05) is 0 Å². The Labute approximate surface area is 112 Å². The van der Waals surface area contributed by atoms with Crippen LogP contribution in [0.15, 0.2) is 30.4 Å². The van der Waals surface area contributed by atoms with Gasteiger partial charge in [0.2, 0.25) is 0 Å². The molecule has 0 spiro atoms. The van der Waals surface area contributed by atoms with Gasteiger partial charge in [-0.3, -0.25) is 4.79 Å². The van der Waals surface area contributed by atoms with E-state index in [0.717, 1.165) is 17.6 Å². The summed E-state index contributed by atoms with van der Waals surface area (Å²) in [5.74, 6) is -0.553. The van der Waals surface area contributed by atoms with E-state index >= 15 is 0 Å². The number of carbonyl (C=O) groups is 1. The molecule has 1 aromatic rings. The fraction of sp³-hybridized carbons (Fsp3) is 0.400. The lowest BCUT2D eigenvalue weighted by Crippen LogP contribution is -2.39. The molecule has 3 heteroatoms. The second-order valence-electron chi connectivity index (χ2n) is 5.01. The van der Waals surface area contributed by atoms with Crippen molar-refractivity contribution in [3.8, 4) is 0 Å². The molecule has 0 unspecified atom stereocenters. The van der Waals surface area contributed by atoms with Crippen molar-refractivity contribution >= 4 is 17.4 Å². The SMILES string of the molecule is C=C(C)[C@@H]1c2cc(Cl)ccc2C(=O)[C@@]1(O)CCC. The van der Waals surface area contributed by atoms with E-state index in [1.165, 1.54) is 0 Å². The van der Waals surface area contributed by atoms with E-state index in [4.69, 9.17) is 11.6 Å². The van der Waals surface area contributed by atoms with Crippen molar-refractivity contribution in [2.45, 2.75) is 38.2 Å². The minimum absolute atomic E-state index is 0.205. The van der Waals surface area contributed by atoms with Crippen LogP contribution in [0.1, 0.15) is 48.5 Å². The van der Waals surface area contributed by atoms with E-state index in [1.54, 1.807) is 18.2 Å². The summed E-state index contributed by atoms with van der Waals surface area (Å²) in [5.41, 5.74) is 0.813. The quantitative estimate of drug-likeness (QED) is 0.845. The van der Waals surface area contributed by atoms with Crippen LogP contribution in [-0.2, 0) is 0 Å². The number of ketones is 1. The molecule has 1 aromatic carbocycles. The summed E-state index contributed by atoms with van der Waals surface area (Å²) in [6.45, 7) is 7.72. The van der Waals surface area contributed by atoms with Crippen LogP contribution in [0.2, 0.25) is 5.02 Å². The maximum Gasteiger partial charge on any atom is 0.195 e. The van der Waals surface area contributed by atoms with Crippen LogP contribution in [0.3, 0.4) is 0 Å². The Hall–Kier alpha value is -1.12. The van der Waals surface area contributed by atoms with E-state index < -0.39 is 5.60 Å². The fourth-order valence-electron chi connectivity index (χ4n) is 2.91. The van der Waals surface area contributed by atoms with Crippen LogP contribution in [0.4, 0.5) is 0 Å². The fourth-order valence-corrected chi connectivity index (χ4v) is 3.09. The molecule has 0 saturated heterocycles. The van der Waals surface area contributed by atoms with Gasteiger partial charge in [-0.15, -0.1) is 0 Å². The maximum absolute atomic E-state index is 12.4. The summed E-state index contributed by atoms with van der Waals surface area (Å²) in [6, 6.07) is 5.15. The lowest BCUT2D eigenvalue weighted by atomic mass is 9.80. The Morgan fingerprint density at radius 1 is 1.56 bits per heavy atom. The number of Topliss-reactive ketones (excluding diaryl/α,β-unsaturated/α-hetero) is 1. The van der Waals surface area contributed by atoms with Gasteiger partial charge in [-0.2, -0.15) is 0 Å². The zero-order chi connectivity index (χ0) is 13.5. The summed E-state index contributed by atoms with van der Waals surface area (Å²) in [4.78, 5) is 12.4. The van der Waals surface area contributed by atoms with Crippen molar-refractivity contribution < 1.29 is 9.90 Å². The van der Waals surface area contributed by atoms with Crippen LogP contribution in [0, 0.1) is 0 Å². The largest absolute Gasteiger partial charge is 0.381 e. The van der Waals surface area contributed by atoms with Crippen molar-refractivity contribution in [1.82, 2.24) is 0 Å². The zero-order valence-corrected chi connectivity index (χ0v) is 11.4. The third-order valence-corrected chi connectivity index (χ3v) is 3.80. The van der Waals surface area contributed by atoms with Crippen LogP contribution in [-0.4, -0.2) is 16.5 Å². The second kappa shape index (κ2) is 4.52. The third-order valence-electron chi connectivity index (χ3n) is 3.56. The highest BCUT2D eigenvalue weighted by atomic mass is 35.5. The number of halogens is 1. The van der Waals surface area contributed by atoms with E-state index in [9.17, 15) is 9.90 Å². The van der Waals surface area contributed by atoms with Gasteiger partial charge in [0.1, 0.15) is 5.60 Å². The third kappa shape index (κ3) is 1.80. The van der Waals surface area contributed by atoms with E-state index in [1.807, 2.05) is 13.8 Å². The molecule has 0 fully saturated rings. The van der Waals surface area contributed by atoms with Gasteiger partial charge in [-0.25, -0.2) is 0 Å². The van der Waals surface area contributed by atoms with Gasteiger partial charge in [0.05, 0.1) is 0 Å². The summed E-state index contributed by atoms with van der Waals surface area (Å²) >= 11 is 5.99. The van der Waals surface area contributed by atoms with Crippen molar-refractivity contribution in [2.24, 2.45) is 0 Å². The molecule has 96 valence electrons. The van der Waals surface area contributed by atoms with Gasteiger partial charge in [0.15, 0.2) is 5.78 Å². The van der Waals surface area contributed by atoms with Crippen LogP contribution in [0.5, 0.6) is 0 Å². The average Bonchev–Trinajstić information content (AvgIpc) is 2.48. The van der Waals surface area contributed by atoms with Crippen LogP contribution >= 0.6 is 11.6 Å². The average molecular weight is 265 g/mol. The summed E-state index contributed by atoms with van der Waals surface area (Å²) in [5, 5.41) is 11.3. The smallest absolute Gasteiger partial charge is 0.195 e. The molecule has 2 atom stereocenters. The Morgan fingerprint density at radius 3 is 2.78 bits per heavy atom. The van der Waals surface area contributed by atoms with Gasteiger partial charge in [0.25, 0.3) is 0 Å². The van der Waals surface area contributed by atoms with Gasteiger partial charge in [-0.1, -0.05) is 37.1 Å². The topological polar surface area (TPSA) is 37.3 Å². The number of benzene rings is 1. The van der Waals surface area contributed by atoms with E-state index in [-0.39, 0.29) is 11.7 Å². The molecule has 0 amide bonds. The van der Waals surface area contributed by atoms with Gasteiger partial charge in [0, 0.05) is 16.5 Å². The molecule has 0 saturated carbocycles. The Kier molecular flexibility index (Phi) is 3.35. The molecule has 0 radical (unpaired) electrons. The normalized spacial score (nSPS) is 26.2. The first-order valence-electron chi connectivity index (χ1n) is 6.13. The van der Waals surface area contributed by atoms with Gasteiger partial charge >= 0.3 is 0 Å². The molecule has 2 rings (SSSR count). The van der Waals surface area contributed by atoms with Crippen molar-refractivity contribution in [3.63, 3.8) is 0 Å². The highest BCUT2D eigenvalue weighted by Crippen LogP contribution is 2.47. The van der Waals surface area contributed by atoms with Crippen LogP contribution in [0.25, 0.3) is 0 Å². The van der Waals surface area contributed by atoms with Crippen LogP contribution < -0.4 is 0 Å². The molecule has 2 nitrogen and oxygen atoms in total. The first kappa shape index (κ1) is 13.3. The van der Waals surface area contributed by atoms with Crippen molar-refractivity contribution in [3.05, 3.63) is 46.5 Å².